The average Bonchev–Trinajstić information content (AvgIpc) is 2.81. The van der Waals surface area contributed by atoms with Gasteiger partial charge in [-0.3, -0.25) is 4.79 Å². The van der Waals surface area contributed by atoms with Gasteiger partial charge in [0.05, 0.1) is 5.69 Å². The van der Waals surface area contributed by atoms with Crippen molar-refractivity contribution in [3.8, 4) is 0 Å². The minimum Gasteiger partial charge on any atom is -0.322 e. The predicted octanol–water partition coefficient (Wildman–Crippen LogP) is 4.17. The highest BCUT2D eigenvalue weighted by Gasteiger charge is 2.23. The Labute approximate surface area is 135 Å². The molecule has 1 saturated carbocycles. The van der Waals surface area contributed by atoms with Gasteiger partial charge < -0.3 is 5.32 Å². The van der Waals surface area contributed by atoms with Crippen LogP contribution in [-0.2, 0) is 7.05 Å². The Hall–Kier alpha value is -2.17. The number of aromatic nitrogens is 2. The zero-order valence-corrected chi connectivity index (χ0v) is 13.6. The first-order valence-electron chi connectivity index (χ1n) is 8.17. The largest absolute Gasteiger partial charge is 0.322 e. The predicted molar refractivity (Wildman–Crippen MR) is 88.1 cm³/mol. The zero-order chi connectivity index (χ0) is 16.4. The van der Waals surface area contributed by atoms with E-state index in [1.807, 2.05) is 18.2 Å². The van der Waals surface area contributed by atoms with E-state index in [4.69, 9.17) is 0 Å². The maximum atomic E-state index is 14.1. The molecule has 1 aliphatic rings. The third-order valence-corrected chi connectivity index (χ3v) is 4.63. The summed E-state index contributed by atoms with van der Waals surface area (Å²) in [5.41, 5.74) is 2.36. The Kier molecular flexibility index (Phi) is 4.46. The lowest BCUT2D eigenvalue weighted by Crippen LogP contribution is -2.17. The number of halogens is 1. The van der Waals surface area contributed by atoms with Crippen molar-refractivity contribution < 1.29 is 9.18 Å². The molecule has 1 heterocycles. The second kappa shape index (κ2) is 6.52. The molecule has 1 aromatic heterocycles. The van der Waals surface area contributed by atoms with Crippen LogP contribution in [0.25, 0.3) is 0 Å². The molecular formula is C18H22FN3O. The van der Waals surface area contributed by atoms with E-state index in [-0.39, 0.29) is 5.56 Å². The molecule has 3 rings (SSSR count). The quantitative estimate of drug-likeness (QED) is 0.924. The van der Waals surface area contributed by atoms with Crippen LogP contribution in [0.3, 0.4) is 0 Å². The second-order valence-corrected chi connectivity index (χ2v) is 6.25. The highest BCUT2D eigenvalue weighted by molar-refractivity contribution is 6.05. The van der Waals surface area contributed by atoms with Crippen LogP contribution in [-0.4, -0.2) is 15.7 Å². The number of nitrogens with one attached hydrogen (secondary N) is 1. The number of nitrogens with zero attached hydrogens (tertiary/aromatic N) is 2. The summed E-state index contributed by atoms with van der Waals surface area (Å²) >= 11 is 0. The molecule has 0 unspecified atom stereocenters. The molecular weight excluding hydrogens is 293 g/mol. The molecule has 23 heavy (non-hydrogen) atoms. The number of para-hydroxylation sites is 1. The number of rotatable bonds is 3. The van der Waals surface area contributed by atoms with E-state index in [9.17, 15) is 9.18 Å². The van der Waals surface area contributed by atoms with E-state index in [0.29, 0.717) is 11.6 Å². The fourth-order valence-corrected chi connectivity index (χ4v) is 3.45. The number of hydrogen-bond acceptors (Lipinski definition) is 2. The first-order valence-corrected chi connectivity index (χ1v) is 8.17. The molecule has 1 aromatic carbocycles. The standard InChI is InChI=1S/C18H22FN3O/c1-12-16(17(19)22(2)21-12)18(23)20-15-11-7-6-10-14(15)13-8-4-3-5-9-13/h6-7,10-11,13H,3-5,8-9H2,1-2H3,(H,20,23). The zero-order valence-electron chi connectivity index (χ0n) is 13.6. The third kappa shape index (κ3) is 3.14. The van der Waals surface area contributed by atoms with Gasteiger partial charge in [0.15, 0.2) is 0 Å². The van der Waals surface area contributed by atoms with Crippen LogP contribution in [0.1, 0.15) is 59.6 Å². The average molecular weight is 315 g/mol. The lowest BCUT2D eigenvalue weighted by molar-refractivity contribution is 0.102. The van der Waals surface area contributed by atoms with Crippen LogP contribution in [0.5, 0.6) is 0 Å². The maximum absolute atomic E-state index is 14.1. The van der Waals surface area contributed by atoms with Gasteiger partial charge in [0.1, 0.15) is 5.56 Å². The van der Waals surface area contributed by atoms with E-state index in [2.05, 4.69) is 16.5 Å². The maximum Gasteiger partial charge on any atom is 0.262 e. The van der Waals surface area contributed by atoms with Gasteiger partial charge in [0.25, 0.3) is 5.91 Å². The summed E-state index contributed by atoms with van der Waals surface area (Å²) in [6, 6.07) is 7.85. The molecule has 0 spiro atoms. The Morgan fingerprint density at radius 3 is 2.61 bits per heavy atom. The molecule has 1 fully saturated rings. The van der Waals surface area contributed by atoms with Crippen LogP contribution in [0, 0.1) is 12.9 Å². The van der Waals surface area contributed by atoms with E-state index < -0.39 is 11.9 Å². The summed E-state index contributed by atoms with van der Waals surface area (Å²) in [6.45, 7) is 1.64. The summed E-state index contributed by atoms with van der Waals surface area (Å²) < 4.78 is 15.2. The number of anilines is 1. The van der Waals surface area contributed by atoms with Gasteiger partial charge in [-0.25, -0.2) is 4.68 Å². The molecule has 0 bridgehead atoms. The van der Waals surface area contributed by atoms with Crippen molar-refractivity contribution in [3.05, 3.63) is 47.0 Å². The Bertz CT molecular complexity index is 717. The number of benzene rings is 1. The van der Waals surface area contributed by atoms with E-state index in [1.54, 1.807) is 6.92 Å². The minimum absolute atomic E-state index is 0.0194. The molecule has 1 aliphatic carbocycles. The third-order valence-electron chi connectivity index (χ3n) is 4.63. The molecule has 2 aromatic rings. The fraction of sp³-hybridized carbons (Fsp3) is 0.444. The molecule has 122 valence electrons. The van der Waals surface area contributed by atoms with Gasteiger partial charge in [-0.2, -0.15) is 9.49 Å². The van der Waals surface area contributed by atoms with Crippen molar-refractivity contribution in [3.63, 3.8) is 0 Å². The van der Waals surface area contributed by atoms with Crippen LogP contribution < -0.4 is 5.32 Å². The first kappa shape index (κ1) is 15.7. The van der Waals surface area contributed by atoms with Crippen molar-refractivity contribution in [2.45, 2.75) is 44.9 Å². The fourth-order valence-electron chi connectivity index (χ4n) is 3.45. The van der Waals surface area contributed by atoms with Gasteiger partial charge in [-0.1, -0.05) is 37.5 Å². The highest BCUT2D eigenvalue weighted by atomic mass is 19.1. The number of carbonyl (C=O) groups is 1. The normalized spacial score (nSPS) is 15.6. The summed E-state index contributed by atoms with van der Waals surface area (Å²) in [5.74, 6) is -0.563. The number of amides is 1. The molecule has 0 aliphatic heterocycles. The second-order valence-electron chi connectivity index (χ2n) is 6.25. The van der Waals surface area contributed by atoms with E-state index in [0.717, 1.165) is 28.8 Å². The summed E-state index contributed by atoms with van der Waals surface area (Å²) in [5, 5.41) is 6.85. The molecule has 0 radical (unpaired) electrons. The minimum atomic E-state index is -0.602. The van der Waals surface area contributed by atoms with Crippen LogP contribution in [0.2, 0.25) is 0 Å². The van der Waals surface area contributed by atoms with Crippen molar-refractivity contribution in [2.24, 2.45) is 7.05 Å². The molecule has 0 atom stereocenters. The summed E-state index contributed by atoms with van der Waals surface area (Å²) in [4.78, 5) is 12.5. The summed E-state index contributed by atoms with van der Waals surface area (Å²) in [6.07, 6.45) is 6.03. The first-order chi connectivity index (χ1) is 11.1. The Balaban J connectivity index is 1.86. The number of aryl methyl sites for hydroxylation is 2. The molecule has 1 amide bonds. The topological polar surface area (TPSA) is 46.9 Å². The number of carbonyl (C=O) groups excluding carboxylic acids is 1. The smallest absolute Gasteiger partial charge is 0.262 e. The van der Waals surface area contributed by atoms with Crippen molar-refractivity contribution >= 4 is 11.6 Å². The van der Waals surface area contributed by atoms with Gasteiger partial charge in [-0.05, 0) is 37.3 Å². The van der Waals surface area contributed by atoms with E-state index >= 15 is 0 Å². The van der Waals surface area contributed by atoms with Gasteiger partial charge in [0.2, 0.25) is 5.95 Å². The van der Waals surface area contributed by atoms with Gasteiger partial charge in [0, 0.05) is 12.7 Å². The van der Waals surface area contributed by atoms with Crippen LogP contribution in [0.15, 0.2) is 24.3 Å². The van der Waals surface area contributed by atoms with Crippen LogP contribution in [0.4, 0.5) is 10.1 Å². The SMILES string of the molecule is Cc1nn(C)c(F)c1C(=O)Nc1ccccc1C1CCCCC1. The molecule has 1 N–H and O–H groups in total. The number of hydrogen-bond donors (Lipinski definition) is 1. The molecule has 4 nitrogen and oxygen atoms in total. The Morgan fingerprint density at radius 2 is 1.96 bits per heavy atom. The highest BCUT2D eigenvalue weighted by Crippen LogP contribution is 2.36. The van der Waals surface area contributed by atoms with Gasteiger partial charge >= 0.3 is 0 Å². The molecule has 5 heteroatoms. The van der Waals surface area contributed by atoms with E-state index in [1.165, 1.54) is 26.3 Å². The monoisotopic (exact) mass is 315 g/mol. The van der Waals surface area contributed by atoms with Crippen LogP contribution >= 0.6 is 0 Å². The van der Waals surface area contributed by atoms with Gasteiger partial charge in [-0.15, -0.1) is 0 Å². The van der Waals surface area contributed by atoms with Crippen molar-refractivity contribution in [2.75, 3.05) is 5.32 Å². The van der Waals surface area contributed by atoms with Crippen molar-refractivity contribution in [1.29, 1.82) is 0 Å². The summed E-state index contributed by atoms with van der Waals surface area (Å²) in [7, 11) is 1.50. The lowest BCUT2D eigenvalue weighted by Gasteiger charge is -2.24. The Morgan fingerprint density at radius 1 is 1.26 bits per heavy atom. The van der Waals surface area contributed by atoms with Crippen molar-refractivity contribution in [1.82, 2.24) is 9.78 Å². The molecule has 0 saturated heterocycles. The lowest BCUT2D eigenvalue weighted by atomic mass is 9.83.